The van der Waals surface area contributed by atoms with Gasteiger partial charge in [0.15, 0.2) is 0 Å². The first-order chi connectivity index (χ1) is 5.36. The predicted molar refractivity (Wildman–Crippen MR) is 46.6 cm³/mol. The molecule has 1 aromatic carbocycles. The van der Waals surface area contributed by atoms with Crippen LogP contribution in [0.25, 0.3) is 6.08 Å². The molecule has 2 heteroatoms. The first-order valence-corrected chi connectivity index (χ1v) is 3.43. The summed E-state index contributed by atoms with van der Waals surface area (Å²) in [5.41, 5.74) is 1.48. The minimum atomic E-state index is 0.473. The predicted octanol–water partition coefficient (Wildman–Crippen LogP) is 3.12. The van der Waals surface area contributed by atoms with Crippen molar-refractivity contribution in [3.8, 4) is 0 Å². The molecule has 0 aliphatic heterocycles. The van der Waals surface area contributed by atoms with Crippen molar-refractivity contribution in [2.45, 2.75) is 6.92 Å². The largest absolute Gasteiger partial charge is 0.145 e. The summed E-state index contributed by atoms with van der Waals surface area (Å²) in [4.78, 5) is 10.1. The molecule has 0 aliphatic rings. The Morgan fingerprint density at radius 3 is 2.91 bits per heavy atom. The van der Waals surface area contributed by atoms with E-state index >= 15 is 0 Å². The summed E-state index contributed by atoms with van der Waals surface area (Å²) >= 11 is 0. The van der Waals surface area contributed by atoms with Crippen molar-refractivity contribution < 1.29 is 0 Å². The third-order valence-electron chi connectivity index (χ3n) is 1.33. The first kappa shape index (κ1) is 7.66. The SMILES string of the molecule is C/C=C/c1cccc(N=O)c1. The van der Waals surface area contributed by atoms with Gasteiger partial charge in [-0.3, -0.25) is 0 Å². The van der Waals surface area contributed by atoms with E-state index in [0.717, 1.165) is 5.56 Å². The number of benzene rings is 1. The molecule has 0 aromatic heterocycles. The standard InChI is InChI=1S/C9H9NO/c1-2-4-8-5-3-6-9(7-8)10-11/h2-7H,1H3/b4-2+. The Morgan fingerprint density at radius 1 is 1.45 bits per heavy atom. The number of hydrogen-bond donors (Lipinski definition) is 0. The molecule has 11 heavy (non-hydrogen) atoms. The second kappa shape index (κ2) is 3.66. The molecule has 0 aliphatic carbocycles. The van der Waals surface area contributed by atoms with E-state index in [2.05, 4.69) is 5.18 Å². The van der Waals surface area contributed by atoms with E-state index in [4.69, 9.17) is 0 Å². The van der Waals surface area contributed by atoms with Gasteiger partial charge in [0.25, 0.3) is 0 Å². The van der Waals surface area contributed by atoms with Gasteiger partial charge >= 0.3 is 0 Å². The average molecular weight is 147 g/mol. The Balaban J connectivity index is 3.00. The average Bonchev–Trinajstić information content (AvgIpc) is 2.06. The van der Waals surface area contributed by atoms with Gasteiger partial charge in [0, 0.05) is 0 Å². The molecule has 0 N–H and O–H groups in total. The van der Waals surface area contributed by atoms with E-state index in [1.165, 1.54) is 0 Å². The lowest BCUT2D eigenvalue weighted by Crippen LogP contribution is -1.68. The Kier molecular flexibility index (Phi) is 2.55. The molecule has 56 valence electrons. The molecular formula is C9H9NO. The van der Waals surface area contributed by atoms with Gasteiger partial charge < -0.3 is 0 Å². The highest BCUT2D eigenvalue weighted by Crippen LogP contribution is 2.14. The van der Waals surface area contributed by atoms with E-state index in [-0.39, 0.29) is 0 Å². The zero-order chi connectivity index (χ0) is 8.10. The van der Waals surface area contributed by atoms with Gasteiger partial charge in [0.05, 0.1) is 0 Å². The van der Waals surface area contributed by atoms with Gasteiger partial charge in [-0.25, -0.2) is 0 Å². The fraction of sp³-hybridized carbons (Fsp3) is 0.111. The summed E-state index contributed by atoms with van der Waals surface area (Å²) in [5.74, 6) is 0. The molecule has 0 saturated carbocycles. The summed E-state index contributed by atoms with van der Waals surface area (Å²) in [6, 6.07) is 7.16. The van der Waals surface area contributed by atoms with Crippen LogP contribution in [0.1, 0.15) is 12.5 Å². The third kappa shape index (κ3) is 2.00. The molecule has 0 bridgehead atoms. The van der Waals surface area contributed by atoms with Crippen molar-refractivity contribution in [2.24, 2.45) is 5.18 Å². The van der Waals surface area contributed by atoms with Crippen molar-refractivity contribution in [1.29, 1.82) is 0 Å². The van der Waals surface area contributed by atoms with Gasteiger partial charge in [0.1, 0.15) is 5.69 Å². The van der Waals surface area contributed by atoms with Crippen molar-refractivity contribution >= 4 is 11.8 Å². The van der Waals surface area contributed by atoms with Crippen LogP contribution >= 0.6 is 0 Å². The number of allylic oxidation sites excluding steroid dienone is 1. The van der Waals surface area contributed by atoms with Gasteiger partial charge in [-0.15, -0.1) is 4.91 Å². The number of hydrogen-bond acceptors (Lipinski definition) is 2. The molecule has 0 atom stereocenters. The number of nitroso groups, excluding NO2 is 1. The first-order valence-electron chi connectivity index (χ1n) is 3.43. The van der Waals surface area contributed by atoms with Gasteiger partial charge in [-0.2, -0.15) is 0 Å². The molecule has 2 nitrogen and oxygen atoms in total. The molecule has 1 aromatic rings. The van der Waals surface area contributed by atoms with Crippen LogP contribution in [0.5, 0.6) is 0 Å². The summed E-state index contributed by atoms with van der Waals surface area (Å²) in [6.07, 6.45) is 3.85. The van der Waals surface area contributed by atoms with E-state index in [1.807, 2.05) is 31.2 Å². The van der Waals surface area contributed by atoms with Crippen molar-refractivity contribution in [1.82, 2.24) is 0 Å². The zero-order valence-electron chi connectivity index (χ0n) is 6.32. The van der Waals surface area contributed by atoms with E-state index in [9.17, 15) is 4.91 Å². The Morgan fingerprint density at radius 2 is 2.27 bits per heavy atom. The summed E-state index contributed by atoms with van der Waals surface area (Å²) in [6.45, 7) is 1.93. The quantitative estimate of drug-likeness (QED) is 0.591. The summed E-state index contributed by atoms with van der Waals surface area (Å²) in [5, 5.41) is 2.83. The number of rotatable bonds is 2. The lowest BCUT2D eigenvalue weighted by molar-refractivity contribution is 1.49. The van der Waals surface area contributed by atoms with Crippen LogP contribution in [0.15, 0.2) is 35.5 Å². The molecule has 0 amide bonds. The van der Waals surface area contributed by atoms with E-state index < -0.39 is 0 Å². The van der Waals surface area contributed by atoms with Crippen LogP contribution < -0.4 is 0 Å². The molecular weight excluding hydrogens is 138 g/mol. The minimum Gasteiger partial charge on any atom is -0.145 e. The van der Waals surface area contributed by atoms with Gasteiger partial charge in [-0.05, 0) is 29.8 Å². The lowest BCUT2D eigenvalue weighted by atomic mass is 10.2. The van der Waals surface area contributed by atoms with Crippen LogP contribution in [-0.4, -0.2) is 0 Å². The maximum absolute atomic E-state index is 10.1. The van der Waals surface area contributed by atoms with Crippen molar-refractivity contribution in [3.63, 3.8) is 0 Å². The number of nitrogens with zero attached hydrogens (tertiary/aromatic N) is 1. The lowest BCUT2D eigenvalue weighted by Gasteiger charge is -1.91. The van der Waals surface area contributed by atoms with Crippen LogP contribution in [-0.2, 0) is 0 Å². The fourth-order valence-corrected chi connectivity index (χ4v) is 0.878. The zero-order valence-corrected chi connectivity index (χ0v) is 6.32. The second-order valence-corrected chi connectivity index (χ2v) is 2.19. The molecule has 0 radical (unpaired) electrons. The Labute approximate surface area is 65.5 Å². The highest BCUT2D eigenvalue weighted by molar-refractivity contribution is 5.54. The maximum atomic E-state index is 10.1. The highest BCUT2D eigenvalue weighted by atomic mass is 16.3. The van der Waals surface area contributed by atoms with Crippen LogP contribution in [0.3, 0.4) is 0 Å². The molecule has 0 spiro atoms. The molecule has 0 saturated heterocycles. The fourth-order valence-electron chi connectivity index (χ4n) is 0.878. The smallest absolute Gasteiger partial charge is 0.108 e. The summed E-state index contributed by atoms with van der Waals surface area (Å²) in [7, 11) is 0. The van der Waals surface area contributed by atoms with Gasteiger partial charge in [-0.1, -0.05) is 24.3 Å². The highest BCUT2D eigenvalue weighted by Gasteiger charge is 1.89. The maximum Gasteiger partial charge on any atom is 0.108 e. The summed E-state index contributed by atoms with van der Waals surface area (Å²) < 4.78 is 0. The molecule has 0 heterocycles. The van der Waals surface area contributed by atoms with E-state index in [1.54, 1.807) is 12.1 Å². The van der Waals surface area contributed by atoms with E-state index in [0.29, 0.717) is 5.69 Å². The van der Waals surface area contributed by atoms with Crippen LogP contribution in [0.2, 0.25) is 0 Å². The van der Waals surface area contributed by atoms with Gasteiger partial charge in [0.2, 0.25) is 0 Å². The van der Waals surface area contributed by atoms with Crippen LogP contribution in [0.4, 0.5) is 5.69 Å². The second-order valence-electron chi connectivity index (χ2n) is 2.19. The van der Waals surface area contributed by atoms with Crippen LogP contribution in [0, 0.1) is 4.91 Å². The van der Waals surface area contributed by atoms with Crippen molar-refractivity contribution in [2.75, 3.05) is 0 Å². The monoisotopic (exact) mass is 147 g/mol. The molecule has 0 fully saturated rings. The third-order valence-corrected chi connectivity index (χ3v) is 1.33. The van der Waals surface area contributed by atoms with Crippen molar-refractivity contribution in [3.05, 3.63) is 40.8 Å². The Hall–Kier alpha value is -1.44. The Bertz CT molecular complexity index is 279. The molecule has 0 unspecified atom stereocenters. The topological polar surface area (TPSA) is 29.4 Å². The minimum absolute atomic E-state index is 0.473. The normalized spacial score (nSPS) is 10.3. The molecule has 1 rings (SSSR count).